The molecule has 1 saturated heterocycles. The third-order valence-electron chi connectivity index (χ3n) is 4.47. The van der Waals surface area contributed by atoms with Crippen LogP contribution in [-0.4, -0.2) is 49.8 Å². The van der Waals surface area contributed by atoms with Crippen LogP contribution in [0.2, 0.25) is 0 Å². The summed E-state index contributed by atoms with van der Waals surface area (Å²) in [6.07, 6.45) is 9.69. The molecule has 1 aliphatic heterocycles. The van der Waals surface area contributed by atoms with E-state index in [2.05, 4.69) is 24.2 Å². The monoisotopic (exact) mass is 254 g/mol. The van der Waals surface area contributed by atoms with E-state index in [4.69, 9.17) is 4.74 Å². The molecule has 2 rings (SSSR count). The van der Waals surface area contributed by atoms with E-state index < -0.39 is 0 Å². The summed E-state index contributed by atoms with van der Waals surface area (Å²) in [6, 6.07) is 1.51. The van der Waals surface area contributed by atoms with Crippen LogP contribution >= 0.6 is 0 Å². The van der Waals surface area contributed by atoms with Crippen LogP contribution < -0.4 is 5.32 Å². The third-order valence-corrected chi connectivity index (χ3v) is 4.47. The number of nitrogens with one attached hydrogen (secondary N) is 1. The van der Waals surface area contributed by atoms with Crippen molar-refractivity contribution in [2.75, 3.05) is 26.7 Å². The first-order valence-electron chi connectivity index (χ1n) is 7.84. The number of hydrogen-bond donors (Lipinski definition) is 1. The average Bonchev–Trinajstić information content (AvgIpc) is 2.89. The summed E-state index contributed by atoms with van der Waals surface area (Å²) < 4.78 is 5.75. The fourth-order valence-corrected chi connectivity index (χ4v) is 3.36. The summed E-state index contributed by atoms with van der Waals surface area (Å²) in [6.45, 7) is 5.53. The molecule has 1 N–H and O–H groups in total. The Hall–Kier alpha value is -0.120. The van der Waals surface area contributed by atoms with E-state index in [0.717, 1.165) is 25.2 Å². The van der Waals surface area contributed by atoms with E-state index in [1.54, 1.807) is 0 Å². The van der Waals surface area contributed by atoms with Crippen LogP contribution in [0.1, 0.15) is 51.9 Å². The summed E-state index contributed by atoms with van der Waals surface area (Å²) in [7, 11) is 2.29. The van der Waals surface area contributed by atoms with Crippen molar-refractivity contribution in [2.45, 2.75) is 70.1 Å². The minimum Gasteiger partial charge on any atom is -0.377 e. The molecule has 18 heavy (non-hydrogen) atoms. The third kappa shape index (κ3) is 4.22. The van der Waals surface area contributed by atoms with Crippen molar-refractivity contribution >= 4 is 0 Å². The van der Waals surface area contributed by atoms with Crippen molar-refractivity contribution in [1.29, 1.82) is 0 Å². The van der Waals surface area contributed by atoms with Gasteiger partial charge < -0.3 is 15.0 Å². The lowest BCUT2D eigenvalue weighted by Gasteiger charge is -2.36. The van der Waals surface area contributed by atoms with Crippen LogP contribution in [0.3, 0.4) is 0 Å². The SMILES string of the molecule is CCCNC1CCCC(N(C)CC2CCCO2)C1. The van der Waals surface area contributed by atoms with Gasteiger partial charge in [-0.25, -0.2) is 0 Å². The summed E-state index contributed by atoms with van der Waals surface area (Å²) >= 11 is 0. The highest BCUT2D eigenvalue weighted by Crippen LogP contribution is 2.24. The molecule has 2 fully saturated rings. The van der Waals surface area contributed by atoms with Crippen LogP contribution in [0, 0.1) is 0 Å². The maximum Gasteiger partial charge on any atom is 0.0702 e. The Bertz CT molecular complexity index is 229. The minimum absolute atomic E-state index is 0.499. The second-order valence-corrected chi connectivity index (χ2v) is 6.05. The zero-order chi connectivity index (χ0) is 12.8. The molecule has 0 radical (unpaired) electrons. The van der Waals surface area contributed by atoms with Crippen molar-refractivity contribution in [3.05, 3.63) is 0 Å². The molecule has 0 bridgehead atoms. The molecule has 0 amide bonds. The van der Waals surface area contributed by atoms with Gasteiger partial charge in [-0.2, -0.15) is 0 Å². The van der Waals surface area contributed by atoms with Gasteiger partial charge in [0.1, 0.15) is 0 Å². The van der Waals surface area contributed by atoms with E-state index >= 15 is 0 Å². The van der Waals surface area contributed by atoms with Crippen LogP contribution in [0.25, 0.3) is 0 Å². The standard InChI is InChI=1S/C15H30N2O/c1-3-9-16-13-6-4-7-14(11-13)17(2)12-15-8-5-10-18-15/h13-16H,3-12H2,1-2H3. The van der Waals surface area contributed by atoms with Gasteiger partial charge in [0.15, 0.2) is 0 Å². The summed E-state index contributed by atoms with van der Waals surface area (Å²) in [5, 5.41) is 3.69. The second-order valence-electron chi connectivity index (χ2n) is 6.05. The molecule has 1 saturated carbocycles. The molecule has 0 aromatic carbocycles. The lowest BCUT2D eigenvalue weighted by molar-refractivity contribution is 0.0577. The topological polar surface area (TPSA) is 24.5 Å². The Kier molecular flexibility index (Phi) is 5.93. The summed E-state index contributed by atoms with van der Waals surface area (Å²) in [5.41, 5.74) is 0. The quantitative estimate of drug-likeness (QED) is 0.788. The molecular weight excluding hydrogens is 224 g/mol. The van der Waals surface area contributed by atoms with Crippen molar-refractivity contribution in [3.8, 4) is 0 Å². The van der Waals surface area contributed by atoms with E-state index in [9.17, 15) is 0 Å². The van der Waals surface area contributed by atoms with Crippen LogP contribution in [0.4, 0.5) is 0 Å². The first-order chi connectivity index (χ1) is 8.79. The van der Waals surface area contributed by atoms with Gasteiger partial charge in [0, 0.05) is 25.2 Å². The van der Waals surface area contributed by atoms with E-state index in [-0.39, 0.29) is 0 Å². The van der Waals surface area contributed by atoms with Crippen LogP contribution in [0.15, 0.2) is 0 Å². The number of hydrogen-bond acceptors (Lipinski definition) is 3. The van der Waals surface area contributed by atoms with Crippen molar-refractivity contribution < 1.29 is 4.74 Å². The van der Waals surface area contributed by atoms with Crippen LogP contribution in [0.5, 0.6) is 0 Å². The number of ether oxygens (including phenoxy) is 1. The van der Waals surface area contributed by atoms with E-state index in [1.807, 2.05) is 0 Å². The Morgan fingerprint density at radius 1 is 1.22 bits per heavy atom. The lowest BCUT2D eigenvalue weighted by atomic mass is 9.90. The summed E-state index contributed by atoms with van der Waals surface area (Å²) in [4.78, 5) is 2.55. The average molecular weight is 254 g/mol. The van der Waals surface area contributed by atoms with Crippen molar-refractivity contribution in [2.24, 2.45) is 0 Å². The molecule has 3 nitrogen and oxygen atoms in total. The Morgan fingerprint density at radius 2 is 2.11 bits per heavy atom. The minimum atomic E-state index is 0.499. The van der Waals surface area contributed by atoms with Gasteiger partial charge in [-0.1, -0.05) is 13.3 Å². The highest BCUT2D eigenvalue weighted by atomic mass is 16.5. The first kappa shape index (κ1) is 14.3. The molecule has 2 aliphatic rings. The highest BCUT2D eigenvalue weighted by molar-refractivity contribution is 4.84. The fourth-order valence-electron chi connectivity index (χ4n) is 3.36. The predicted molar refractivity (Wildman–Crippen MR) is 75.9 cm³/mol. The number of rotatable bonds is 6. The molecule has 0 aromatic heterocycles. The lowest BCUT2D eigenvalue weighted by Crippen LogP contribution is -2.45. The van der Waals surface area contributed by atoms with E-state index in [0.29, 0.717) is 6.10 Å². The van der Waals surface area contributed by atoms with Gasteiger partial charge in [-0.05, 0) is 52.1 Å². The molecule has 3 heteroatoms. The van der Waals surface area contributed by atoms with Crippen molar-refractivity contribution in [1.82, 2.24) is 10.2 Å². The summed E-state index contributed by atoms with van der Waals surface area (Å²) in [5.74, 6) is 0. The van der Waals surface area contributed by atoms with Gasteiger partial charge >= 0.3 is 0 Å². The number of nitrogens with zero attached hydrogens (tertiary/aromatic N) is 1. The van der Waals surface area contributed by atoms with Gasteiger partial charge in [0.25, 0.3) is 0 Å². The van der Waals surface area contributed by atoms with Gasteiger partial charge in [0.05, 0.1) is 6.10 Å². The van der Waals surface area contributed by atoms with E-state index in [1.165, 1.54) is 51.5 Å². The Morgan fingerprint density at radius 3 is 2.83 bits per heavy atom. The molecule has 3 atom stereocenters. The van der Waals surface area contributed by atoms with Gasteiger partial charge in [-0.15, -0.1) is 0 Å². The normalized spacial score (nSPS) is 33.2. The van der Waals surface area contributed by atoms with Gasteiger partial charge in [0.2, 0.25) is 0 Å². The molecular formula is C15H30N2O. The predicted octanol–water partition coefficient (Wildman–Crippen LogP) is 2.41. The molecule has 1 heterocycles. The zero-order valence-electron chi connectivity index (χ0n) is 12.2. The molecule has 0 aromatic rings. The molecule has 3 unspecified atom stereocenters. The zero-order valence-corrected chi connectivity index (χ0v) is 12.2. The Balaban J connectivity index is 1.72. The largest absolute Gasteiger partial charge is 0.377 e. The van der Waals surface area contributed by atoms with Gasteiger partial charge in [-0.3, -0.25) is 0 Å². The number of likely N-dealkylation sites (N-methyl/N-ethyl adjacent to an activating group) is 1. The second kappa shape index (κ2) is 7.46. The highest BCUT2D eigenvalue weighted by Gasteiger charge is 2.26. The molecule has 106 valence electrons. The maximum absolute atomic E-state index is 5.75. The fraction of sp³-hybridized carbons (Fsp3) is 1.00. The smallest absolute Gasteiger partial charge is 0.0702 e. The van der Waals surface area contributed by atoms with Crippen LogP contribution in [-0.2, 0) is 4.74 Å². The maximum atomic E-state index is 5.75. The Labute approximate surface area is 112 Å². The molecule has 0 spiro atoms. The van der Waals surface area contributed by atoms with Crippen molar-refractivity contribution in [3.63, 3.8) is 0 Å². The first-order valence-corrected chi connectivity index (χ1v) is 7.84. The molecule has 1 aliphatic carbocycles.